The smallest absolute Gasteiger partial charge is 0.159 e. The van der Waals surface area contributed by atoms with Gasteiger partial charge in [-0.05, 0) is 37.5 Å². The Morgan fingerprint density at radius 1 is 1.10 bits per heavy atom. The molecule has 0 bridgehead atoms. The van der Waals surface area contributed by atoms with Gasteiger partial charge in [0.15, 0.2) is 5.65 Å². The third-order valence-corrected chi connectivity index (χ3v) is 6.34. The molecule has 1 saturated heterocycles. The SMILES string of the molecule is Cc1cc(N2Cc3ccc(N4CCC(N)CC4)nc3[C@@H](C)C2)c2cnn(C)c2n1. The maximum atomic E-state index is 6.07. The van der Waals surface area contributed by atoms with Gasteiger partial charge in [-0.25, -0.2) is 9.97 Å². The van der Waals surface area contributed by atoms with Crippen molar-refractivity contribution in [3.8, 4) is 0 Å². The number of pyridine rings is 2. The van der Waals surface area contributed by atoms with Gasteiger partial charge < -0.3 is 15.5 Å². The third kappa shape index (κ3) is 3.23. The van der Waals surface area contributed by atoms with E-state index in [1.807, 2.05) is 17.9 Å². The van der Waals surface area contributed by atoms with Gasteiger partial charge in [-0.15, -0.1) is 0 Å². The summed E-state index contributed by atoms with van der Waals surface area (Å²) >= 11 is 0. The molecule has 0 spiro atoms. The molecular weight excluding hydrogens is 362 g/mol. The van der Waals surface area contributed by atoms with Crippen LogP contribution in [0.15, 0.2) is 24.4 Å². The molecule has 2 N–H and O–H groups in total. The van der Waals surface area contributed by atoms with Gasteiger partial charge in [0.1, 0.15) is 5.82 Å². The summed E-state index contributed by atoms with van der Waals surface area (Å²) in [5.74, 6) is 1.47. The van der Waals surface area contributed by atoms with Gasteiger partial charge in [-0.2, -0.15) is 5.10 Å². The summed E-state index contributed by atoms with van der Waals surface area (Å²) in [6.45, 7) is 8.15. The highest BCUT2D eigenvalue weighted by Crippen LogP contribution is 2.35. The molecule has 1 fully saturated rings. The van der Waals surface area contributed by atoms with Crippen molar-refractivity contribution < 1.29 is 0 Å². The number of aryl methyl sites for hydroxylation is 2. The lowest BCUT2D eigenvalue weighted by Gasteiger charge is -2.36. The van der Waals surface area contributed by atoms with E-state index in [1.54, 1.807) is 0 Å². The van der Waals surface area contributed by atoms with E-state index in [0.29, 0.717) is 12.0 Å². The Hall–Kier alpha value is -2.67. The number of hydrogen-bond donors (Lipinski definition) is 1. The topological polar surface area (TPSA) is 76.1 Å². The lowest BCUT2D eigenvalue weighted by atomic mass is 9.95. The van der Waals surface area contributed by atoms with Crippen LogP contribution in [-0.2, 0) is 13.6 Å². The maximum absolute atomic E-state index is 6.07. The molecule has 2 aliphatic heterocycles. The Kier molecular flexibility index (Phi) is 4.42. The van der Waals surface area contributed by atoms with E-state index in [4.69, 9.17) is 10.7 Å². The summed E-state index contributed by atoms with van der Waals surface area (Å²) in [6.07, 6.45) is 4.02. The number of nitrogens with two attached hydrogens (primary N) is 1. The summed E-state index contributed by atoms with van der Waals surface area (Å²) in [4.78, 5) is 14.6. The van der Waals surface area contributed by atoms with E-state index in [9.17, 15) is 0 Å². The van der Waals surface area contributed by atoms with Gasteiger partial charge in [0.25, 0.3) is 0 Å². The number of rotatable bonds is 2. The Morgan fingerprint density at radius 3 is 2.69 bits per heavy atom. The molecule has 5 rings (SSSR count). The van der Waals surface area contributed by atoms with E-state index in [0.717, 1.165) is 61.6 Å². The predicted molar refractivity (Wildman–Crippen MR) is 116 cm³/mol. The molecule has 3 aromatic rings. The fourth-order valence-corrected chi connectivity index (χ4v) is 4.71. The number of piperidine rings is 1. The standard InChI is InChI=1S/C22H29N7/c1-14-12-29(19-10-15(2)25-22-18(19)11-24-27(22)3)13-16-4-5-20(26-21(14)16)28-8-6-17(23)7-9-28/h4-5,10-11,14,17H,6-9,12-13,23H2,1-3H3/t14-/m0/s1. The van der Waals surface area contributed by atoms with Crippen LogP contribution in [0.1, 0.15) is 42.6 Å². The summed E-state index contributed by atoms with van der Waals surface area (Å²) in [7, 11) is 1.95. The van der Waals surface area contributed by atoms with Crippen molar-refractivity contribution >= 4 is 22.5 Å². The lowest BCUT2D eigenvalue weighted by molar-refractivity contribution is 0.497. The first kappa shape index (κ1) is 18.4. The Balaban J connectivity index is 1.46. The second-order valence-electron chi connectivity index (χ2n) is 8.61. The van der Waals surface area contributed by atoms with Crippen molar-refractivity contribution in [1.29, 1.82) is 0 Å². The first-order valence-corrected chi connectivity index (χ1v) is 10.5. The van der Waals surface area contributed by atoms with Crippen molar-refractivity contribution in [2.45, 2.75) is 45.2 Å². The molecule has 2 aliphatic rings. The molecule has 5 heterocycles. The van der Waals surface area contributed by atoms with Gasteiger partial charge >= 0.3 is 0 Å². The van der Waals surface area contributed by atoms with Gasteiger partial charge in [-0.3, -0.25) is 4.68 Å². The van der Waals surface area contributed by atoms with Gasteiger partial charge in [0.05, 0.1) is 23.0 Å². The molecule has 1 atom stereocenters. The highest BCUT2D eigenvalue weighted by molar-refractivity contribution is 5.89. The van der Waals surface area contributed by atoms with Crippen LogP contribution in [0.25, 0.3) is 11.0 Å². The quantitative estimate of drug-likeness (QED) is 0.724. The number of hydrogen-bond acceptors (Lipinski definition) is 6. The van der Waals surface area contributed by atoms with Crippen molar-refractivity contribution in [2.75, 3.05) is 29.4 Å². The summed E-state index contributed by atoms with van der Waals surface area (Å²) in [5, 5.41) is 5.54. The zero-order valence-corrected chi connectivity index (χ0v) is 17.5. The fourth-order valence-electron chi connectivity index (χ4n) is 4.71. The molecule has 29 heavy (non-hydrogen) atoms. The molecule has 7 nitrogen and oxygen atoms in total. The molecule has 0 amide bonds. The first-order chi connectivity index (χ1) is 14.0. The highest BCUT2D eigenvalue weighted by atomic mass is 15.3. The van der Waals surface area contributed by atoms with Crippen LogP contribution in [0.5, 0.6) is 0 Å². The number of fused-ring (bicyclic) bond motifs is 2. The average molecular weight is 392 g/mol. The summed E-state index contributed by atoms with van der Waals surface area (Å²) in [5.41, 5.74) is 11.8. The molecule has 0 aliphatic carbocycles. The van der Waals surface area contributed by atoms with Crippen LogP contribution in [0.2, 0.25) is 0 Å². The van der Waals surface area contributed by atoms with Crippen LogP contribution < -0.4 is 15.5 Å². The zero-order chi connectivity index (χ0) is 20.1. The zero-order valence-electron chi connectivity index (χ0n) is 17.5. The molecule has 152 valence electrons. The minimum Gasteiger partial charge on any atom is -0.366 e. The molecule has 0 unspecified atom stereocenters. The second-order valence-corrected chi connectivity index (χ2v) is 8.61. The fraction of sp³-hybridized carbons (Fsp3) is 0.500. The van der Waals surface area contributed by atoms with E-state index >= 15 is 0 Å². The normalized spacial score (nSPS) is 20.3. The Morgan fingerprint density at radius 2 is 1.90 bits per heavy atom. The van der Waals surface area contributed by atoms with Crippen molar-refractivity contribution in [3.05, 3.63) is 41.3 Å². The van der Waals surface area contributed by atoms with Crippen molar-refractivity contribution in [3.63, 3.8) is 0 Å². The van der Waals surface area contributed by atoms with Crippen LogP contribution in [0.4, 0.5) is 11.5 Å². The van der Waals surface area contributed by atoms with Crippen LogP contribution in [0.3, 0.4) is 0 Å². The minimum absolute atomic E-state index is 0.337. The van der Waals surface area contributed by atoms with E-state index < -0.39 is 0 Å². The molecule has 0 radical (unpaired) electrons. The second kappa shape index (κ2) is 6.99. The van der Waals surface area contributed by atoms with Gasteiger partial charge in [0, 0.05) is 50.9 Å². The summed E-state index contributed by atoms with van der Waals surface area (Å²) in [6, 6.07) is 6.97. The Bertz CT molecular complexity index is 1050. The number of nitrogens with zero attached hydrogens (tertiary/aromatic N) is 6. The van der Waals surface area contributed by atoms with Gasteiger partial charge in [0.2, 0.25) is 0 Å². The van der Waals surface area contributed by atoms with E-state index in [-0.39, 0.29) is 0 Å². The van der Waals surface area contributed by atoms with Crippen molar-refractivity contribution in [1.82, 2.24) is 19.7 Å². The molecule has 0 saturated carbocycles. The highest BCUT2D eigenvalue weighted by Gasteiger charge is 2.27. The number of aromatic nitrogens is 4. The summed E-state index contributed by atoms with van der Waals surface area (Å²) < 4.78 is 1.85. The largest absolute Gasteiger partial charge is 0.366 e. The van der Waals surface area contributed by atoms with Gasteiger partial charge in [-0.1, -0.05) is 13.0 Å². The average Bonchev–Trinajstić information content (AvgIpc) is 3.08. The lowest BCUT2D eigenvalue weighted by Crippen LogP contribution is -2.40. The maximum Gasteiger partial charge on any atom is 0.159 e. The third-order valence-electron chi connectivity index (χ3n) is 6.34. The molecule has 3 aromatic heterocycles. The molecule has 0 aromatic carbocycles. The number of anilines is 2. The van der Waals surface area contributed by atoms with Crippen LogP contribution in [0, 0.1) is 6.92 Å². The molecule has 7 heteroatoms. The van der Waals surface area contributed by atoms with Crippen molar-refractivity contribution in [2.24, 2.45) is 12.8 Å². The van der Waals surface area contributed by atoms with E-state index in [1.165, 1.54) is 16.9 Å². The van der Waals surface area contributed by atoms with Crippen LogP contribution in [-0.4, -0.2) is 45.4 Å². The predicted octanol–water partition coefficient (Wildman–Crippen LogP) is 2.72. The molecular formula is C22H29N7. The van der Waals surface area contributed by atoms with Crippen LogP contribution >= 0.6 is 0 Å². The first-order valence-electron chi connectivity index (χ1n) is 10.5. The minimum atomic E-state index is 0.337. The monoisotopic (exact) mass is 391 g/mol. The van der Waals surface area contributed by atoms with E-state index in [2.05, 4.69) is 51.9 Å². The Labute approximate surface area is 171 Å².